The number of hydrogen-bond acceptors (Lipinski definition) is 4. The van der Waals surface area contributed by atoms with Gasteiger partial charge in [-0.2, -0.15) is 0 Å². The number of rotatable bonds is 7. The molecule has 2 aromatic rings. The number of allylic oxidation sites excluding steroid dienone is 4. The highest BCUT2D eigenvalue weighted by Crippen LogP contribution is 2.35. The highest BCUT2D eigenvalue weighted by Gasteiger charge is 2.15. The summed E-state index contributed by atoms with van der Waals surface area (Å²) in [5, 5.41) is 30.7. The molecule has 4 heteroatoms. The lowest BCUT2D eigenvalue weighted by atomic mass is 9.92. The molecule has 0 atom stereocenters. The molecule has 0 aliphatic rings. The van der Waals surface area contributed by atoms with Crippen molar-refractivity contribution in [3.63, 3.8) is 0 Å². The molecule has 0 aliphatic heterocycles. The highest BCUT2D eigenvalue weighted by atomic mass is 16.3. The van der Waals surface area contributed by atoms with E-state index in [0.29, 0.717) is 19.1 Å². The van der Waals surface area contributed by atoms with E-state index in [1.165, 1.54) is 12.1 Å². The zero-order chi connectivity index (χ0) is 21.6. The Kier molecular flexibility index (Phi) is 7.43. The van der Waals surface area contributed by atoms with Gasteiger partial charge in [0.15, 0.2) is 6.29 Å². The number of carbonyl (C=O) groups excluding carboxylic acids is 1. The fraction of sp³-hybridized carbons (Fsp3) is 0.240. The van der Waals surface area contributed by atoms with E-state index in [-0.39, 0.29) is 22.8 Å². The maximum atomic E-state index is 11.1. The Labute approximate surface area is 172 Å². The third-order valence-corrected chi connectivity index (χ3v) is 4.59. The van der Waals surface area contributed by atoms with Gasteiger partial charge in [-0.1, -0.05) is 41.5 Å². The van der Waals surface area contributed by atoms with Crippen LogP contribution in [-0.4, -0.2) is 21.6 Å². The lowest BCUT2D eigenvalue weighted by Crippen LogP contribution is -1.97. The summed E-state index contributed by atoms with van der Waals surface area (Å²) in [6.07, 6.45) is 9.36. The van der Waals surface area contributed by atoms with E-state index in [4.69, 9.17) is 0 Å². The first-order chi connectivity index (χ1) is 13.7. The maximum Gasteiger partial charge on any atom is 0.153 e. The maximum absolute atomic E-state index is 11.1. The molecule has 0 saturated carbocycles. The standard InChI is InChI=1S/C25H28O4/c1-16(2)5-9-21-20(11-7-18-8-12-23(27)19(13-18)15-26)22(10-6-17(3)4)25(29)14-24(21)28/h5-8,11-15,27-29H,9-10H2,1-4H3/b11-7+. The number of phenolic OH excluding ortho intramolecular Hbond substituents is 3. The van der Waals surface area contributed by atoms with Crippen LogP contribution < -0.4 is 0 Å². The van der Waals surface area contributed by atoms with Crippen molar-refractivity contribution < 1.29 is 20.1 Å². The highest BCUT2D eigenvalue weighted by molar-refractivity contribution is 5.83. The predicted octanol–water partition coefficient (Wildman–Crippen LogP) is 5.80. The Morgan fingerprint density at radius 2 is 1.34 bits per heavy atom. The minimum Gasteiger partial charge on any atom is -0.507 e. The van der Waals surface area contributed by atoms with Crippen LogP contribution in [0, 0.1) is 0 Å². The molecular formula is C25H28O4. The Bertz CT molecular complexity index is 942. The molecule has 2 rings (SSSR count). The van der Waals surface area contributed by atoms with Gasteiger partial charge in [0, 0.05) is 17.2 Å². The number of carbonyl (C=O) groups is 1. The number of aldehydes is 1. The molecule has 0 bridgehead atoms. The van der Waals surface area contributed by atoms with Gasteiger partial charge in [-0.25, -0.2) is 0 Å². The third kappa shape index (κ3) is 5.85. The Morgan fingerprint density at radius 3 is 1.83 bits per heavy atom. The lowest BCUT2D eigenvalue weighted by Gasteiger charge is -2.15. The van der Waals surface area contributed by atoms with E-state index in [1.807, 2.05) is 45.9 Å². The summed E-state index contributed by atoms with van der Waals surface area (Å²) in [5.41, 5.74) is 5.41. The normalized spacial score (nSPS) is 10.8. The van der Waals surface area contributed by atoms with Gasteiger partial charge < -0.3 is 15.3 Å². The summed E-state index contributed by atoms with van der Waals surface area (Å²) < 4.78 is 0. The molecule has 0 unspecified atom stereocenters. The van der Waals surface area contributed by atoms with Gasteiger partial charge in [0.25, 0.3) is 0 Å². The van der Waals surface area contributed by atoms with Crippen molar-refractivity contribution >= 4 is 18.4 Å². The van der Waals surface area contributed by atoms with Crippen LogP contribution in [0.1, 0.15) is 60.3 Å². The summed E-state index contributed by atoms with van der Waals surface area (Å²) in [4.78, 5) is 11.1. The van der Waals surface area contributed by atoms with E-state index in [1.54, 1.807) is 18.2 Å². The van der Waals surface area contributed by atoms with E-state index in [2.05, 4.69) is 0 Å². The van der Waals surface area contributed by atoms with E-state index in [9.17, 15) is 20.1 Å². The second-order valence-corrected chi connectivity index (χ2v) is 7.53. The first-order valence-electron chi connectivity index (χ1n) is 9.52. The van der Waals surface area contributed by atoms with Gasteiger partial charge in [0.1, 0.15) is 17.2 Å². The molecule has 152 valence electrons. The lowest BCUT2D eigenvalue weighted by molar-refractivity contribution is 0.112. The Hall–Kier alpha value is -3.27. The van der Waals surface area contributed by atoms with Gasteiger partial charge >= 0.3 is 0 Å². The molecule has 2 aromatic carbocycles. The van der Waals surface area contributed by atoms with Crippen LogP contribution in [0.4, 0.5) is 0 Å². The minimum absolute atomic E-state index is 0.0416. The SMILES string of the molecule is CC(C)=CCc1c(O)cc(O)c(CC=C(C)C)c1/C=C/c1ccc(O)c(C=O)c1. The Balaban J connectivity index is 2.62. The largest absolute Gasteiger partial charge is 0.507 e. The molecule has 0 fully saturated rings. The zero-order valence-electron chi connectivity index (χ0n) is 17.4. The van der Waals surface area contributed by atoms with Crippen molar-refractivity contribution in [2.24, 2.45) is 0 Å². The summed E-state index contributed by atoms with van der Waals surface area (Å²) in [6, 6.07) is 6.16. The third-order valence-electron chi connectivity index (χ3n) is 4.59. The predicted molar refractivity (Wildman–Crippen MR) is 118 cm³/mol. The second-order valence-electron chi connectivity index (χ2n) is 7.53. The fourth-order valence-electron chi connectivity index (χ4n) is 2.96. The molecule has 0 heterocycles. The first-order valence-corrected chi connectivity index (χ1v) is 9.52. The van der Waals surface area contributed by atoms with Crippen LogP contribution >= 0.6 is 0 Å². The molecule has 0 radical (unpaired) electrons. The number of phenols is 3. The summed E-state index contributed by atoms with van der Waals surface area (Å²) in [5.74, 6) is 0.0143. The molecule has 3 N–H and O–H groups in total. The zero-order valence-corrected chi connectivity index (χ0v) is 17.4. The average Bonchev–Trinajstić information content (AvgIpc) is 2.65. The van der Waals surface area contributed by atoms with Crippen molar-refractivity contribution in [1.29, 1.82) is 0 Å². The molecule has 0 aromatic heterocycles. The van der Waals surface area contributed by atoms with Crippen molar-refractivity contribution in [2.45, 2.75) is 40.5 Å². The van der Waals surface area contributed by atoms with Crippen LogP contribution in [0.25, 0.3) is 12.2 Å². The van der Waals surface area contributed by atoms with Crippen LogP contribution in [0.2, 0.25) is 0 Å². The molecule has 0 amide bonds. The molecule has 4 nitrogen and oxygen atoms in total. The smallest absolute Gasteiger partial charge is 0.153 e. The quantitative estimate of drug-likeness (QED) is 0.316. The van der Waals surface area contributed by atoms with Crippen molar-refractivity contribution in [1.82, 2.24) is 0 Å². The number of hydrogen-bond donors (Lipinski definition) is 3. The van der Waals surface area contributed by atoms with E-state index in [0.717, 1.165) is 33.4 Å². The molecule has 29 heavy (non-hydrogen) atoms. The van der Waals surface area contributed by atoms with Crippen LogP contribution in [0.3, 0.4) is 0 Å². The van der Waals surface area contributed by atoms with Crippen LogP contribution in [-0.2, 0) is 12.8 Å². The number of aromatic hydroxyl groups is 3. The van der Waals surface area contributed by atoms with Crippen molar-refractivity contribution in [3.05, 3.63) is 75.4 Å². The molecule has 0 aliphatic carbocycles. The van der Waals surface area contributed by atoms with E-state index >= 15 is 0 Å². The van der Waals surface area contributed by atoms with Gasteiger partial charge in [-0.3, -0.25) is 4.79 Å². The van der Waals surface area contributed by atoms with Crippen molar-refractivity contribution in [2.75, 3.05) is 0 Å². The second kappa shape index (κ2) is 9.78. The van der Waals surface area contributed by atoms with Gasteiger partial charge in [0.05, 0.1) is 5.56 Å². The van der Waals surface area contributed by atoms with Gasteiger partial charge in [-0.15, -0.1) is 0 Å². The molecule has 0 saturated heterocycles. The summed E-state index contributed by atoms with van der Waals surface area (Å²) in [7, 11) is 0. The topological polar surface area (TPSA) is 77.8 Å². The molecule has 0 spiro atoms. The van der Waals surface area contributed by atoms with Crippen LogP contribution in [0.5, 0.6) is 17.2 Å². The van der Waals surface area contributed by atoms with Gasteiger partial charge in [-0.05, 0) is 63.8 Å². The van der Waals surface area contributed by atoms with Crippen molar-refractivity contribution in [3.8, 4) is 17.2 Å². The monoisotopic (exact) mass is 392 g/mol. The fourth-order valence-corrected chi connectivity index (χ4v) is 2.96. The minimum atomic E-state index is -0.0688. The molecular weight excluding hydrogens is 364 g/mol. The van der Waals surface area contributed by atoms with E-state index < -0.39 is 0 Å². The number of benzene rings is 2. The Morgan fingerprint density at radius 1 is 0.793 bits per heavy atom. The first kappa shape index (κ1) is 22.0. The summed E-state index contributed by atoms with van der Waals surface area (Å²) >= 11 is 0. The summed E-state index contributed by atoms with van der Waals surface area (Å²) in [6.45, 7) is 7.98. The average molecular weight is 392 g/mol. The van der Waals surface area contributed by atoms with Gasteiger partial charge in [0.2, 0.25) is 0 Å². The van der Waals surface area contributed by atoms with Crippen LogP contribution in [0.15, 0.2) is 47.6 Å².